The van der Waals surface area contributed by atoms with Crippen LogP contribution in [0.3, 0.4) is 0 Å². The lowest BCUT2D eigenvalue weighted by Gasteiger charge is -2.14. The summed E-state index contributed by atoms with van der Waals surface area (Å²) in [5, 5.41) is 14.4. The third-order valence-electron chi connectivity index (χ3n) is 2.70. The van der Waals surface area contributed by atoms with Crippen molar-refractivity contribution in [3.05, 3.63) is 48.0 Å². The third-order valence-corrected chi connectivity index (χ3v) is 2.70. The largest absolute Gasteiger partial charge is 0.221 e. The molecule has 0 heterocycles. The van der Waals surface area contributed by atoms with Crippen molar-refractivity contribution in [2.24, 2.45) is 0 Å². The standard InChI is InChI=1S/C13H14O3/c1-2-13(15-16-14)12-9-5-7-10-6-3-4-8-11(10)12/h3-9,13-14H,2H2,1H3. The highest BCUT2D eigenvalue weighted by Crippen LogP contribution is 2.28. The molecule has 0 aliphatic rings. The fraction of sp³-hybridized carbons (Fsp3) is 0.231. The molecule has 0 bridgehead atoms. The number of benzene rings is 2. The van der Waals surface area contributed by atoms with Crippen molar-refractivity contribution >= 4 is 10.8 Å². The lowest BCUT2D eigenvalue weighted by atomic mass is 9.99. The maximum Gasteiger partial charge on any atom is 0.121 e. The van der Waals surface area contributed by atoms with Crippen molar-refractivity contribution in [1.82, 2.24) is 0 Å². The summed E-state index contributed by atoms with van der Waals surface area (Å²) in [6, 6.07) is 14.1. The van der Waals surface area contributed by atoms with Gasteiger partial charge in [-0.1, -0.05) is 54.4 Å². The molecule has 0 saturated heterocycles. The van der Waals surface area contributed by atoms with Gasteiger partial charge in [0.25, 0.3) is 0 Å². The Kier molecular flexibility index (Phi) is 3.51. The topological polar surface area (TPSA) is 38.7 Å². The van der Waals surface area contributed by atoms with Gasteiger partial charge in [0.2, 0.25) is 0 Å². The first-order valence-corrected chi connectivity index (χ1v) is 5.31. The maximum atomic E-state index is 8.38. The Balaban J connectivity index is 2.50. The summed E-state index contributed by atoms with van der Waals surface area (Å²) in [4.78, 5) is 4.84. The van der Waals surface area contributed by atoms with Crippen molar-refractivity contribution < 1.29 is 15.2 Å². The molecule has 0 spiro atoms. The predicted octanol–water partition coefficient (Wildman–Crippen LogP) is 3.71. The Hall–Kier alpha value is -1.42. The van der Waals surface area contributed by atoms with E-state index >= 15 is 0 Å². The fourth-order valence-electron chi connectivity index (χ4n) is 1.92. The Labute approximate surface area is 94.1 Å². The first-order valence-electron chi connectivity index (χ1n) is 5.31. The third kappa shape index (κ3) is 2.07. The van der Waals surface area contributed by atoms with Crippen molar-refractivity contribution in [3.63, 3.8) is 0 Å². The van der Waals surface area contributed by atoms with E-state index in [1.54, 1.807) is 0 Å². The summed E-state index contributed by atoms with van der Waals surface area (Å²) in [6.45, 7) is 1.98. The molecule has 0 radical (unpaired) electrons. The van der Waals surface area contributed by atoms with Crippen LogP contribution in [0.4, 0.5) is 0 Å². The Morgan fingerprint density at radius 1 is 1.12 bits per heavy atom. The van der Waals surface area contributed by atoms with Gasteiger partial charge in [0.15, 0.2) is 0 Å². The van der Waals surface area contributed by atoms with Gasteiger partial charge in [-0.05, 0) is 22.8 Å². The fourth-order valence-corrected chi connectivity index (χ4v) is 1.92. The zero-order chi connectivity index (χ0) is 11.4. The van der Waals surface area contributed by atoms with Crippen LogP contribution in [-0.4, -0.2) is 5.26 Å². The van der Waals surface area contributed by atoms with Gasteiger partial charge in [0.05, 0.1) is 0 Å². The second-order valence-corrected chi connectivity index (χ2v) is 3.64. The van der Waals surface area contributed by atoms with E-state index < -0.39 is 0 Å². The molecule has 0 aliphatic heterocycles. The Morgan fingerprint density at radius 2 is 1.88 bits per heavy atom. The van der Waals surface area contributed by atoms with E-state index in [4.69, 9.17) is 10.1 Å². The van der Waals surface area contributed by atoms with Crippen molar-refractivity contribution in [2.45, 2.75) is 19.4 Å². The summed E-state index contributed by atoms with van der Waals surface area (Å²) in [5.74, 6) is 0. The Bertz CT molecular complexity index is 462. The molecular formula is C13H14O3. The summed E-state index contributed by atoms with van der Waals surface area (Å²) in [7, 11) is 0. The van der Waals surface area contributed by atoms with Crippen LogP contribution in [0.15, 0.2) is 42.5 Å². The van der Waals surface area contributed by atoms with Crippen LogP contribution in [0.5, 0.6) is 0 Å². The van der Waals surface area contributed by atoms with E-state index in [1.165, 1.54) is 0 Å². The monoisotopic (exact) mass is 218 g/mol. The van der Waals surface area contributed by atoms with Gasteiger partial charge >= 0.3 is 0 Å². The van der Waals surface area contributed by atoms with Crippen LogP contribution in [0.2, 0.25) is 0 Å². The molecule has 16 heavy (non-hydrogen) atoms. The quantitative estimate of drug-likeness (QED) is 0.628. The number of hydrogen-bond donors (Lipinski definition) is 1. The average molecular weight is 218 g/mol. The predicted molar refractivity (Wildman–Crippen MR) is 61.8 cm³/mol. The summed E-state index contributed by atoms with van der Waals surface area (Å²) >= 11 is 0. The van der Waals surface area contributed by atoms with Gasteiger partial charge in [-0.3, -0.25) is 0 Å². The van der Waals surface area contributed by atoms with E-state index in [0.29, 0.717) is 0 Å². The normalized spacial score (nSPS) is 12.9. The first kappa shape index (κ1) is 11.1. The zero-order valence-corrected chi connectivity index (χ0v) is 9.09. The second-order valence-electron chi connectivity index (χ2n) is 3.64. The molecule has 1 unspecified atom stereocenters. The van der Waals surface area contributed by atoms with Gasteiger partial charge in [0.1, 0.15) is 6.10 Å². The molecule has 3 nitrogen and oxygen atoms in total. The van der Waals surface area contributed by atoms with Crippen LogP contribution < -0.4 is 0 Å². The van der Waals surface area contributed by atoms with Gasteiger partial charge in [-0.25, -0.2) is 5.26 Å². The van der Waals surface area contributed by atoms with Gasteiger partial charge in [-0.2, -0.15) is 4.89 Å². The lowest BCUT2D eigenvalue weighted by Crippen LogP contribution is -2.03. The molecule has 0 aliphatic carbocycles. The molecule has 84 valence electrons. The van der Waals surface area contributed by atoms with E-state index in [1.807, 2.05) is 49.4 Å². The molecule has 3 heteroatoms. The minimum Gasteiger partial charge on any atom is -0.221 e. The molecule has 1 atom stereocenters. The molecule has 2 aromatic rings. The first-order chi connectivity index (χ1) is 7.86. The molecule has 1 N–H and O–H groups in total. The molecule has 0 fully saturated rings. The minimum atomic E-state index is -0.254. The van der Waals surface area contributed by atoms with Gasteiger partial charge in [-0.15, -0.1) is 0 Å². The van der Waals surface area contributed by atoms with Crippen LogP contribution in [0, 0.1) is 0 Å². The number of fused-ring (bicyclic) bond motifs is 1. The highest BCUT2D eigenvalue weighted by Gasteiger charge is 2.13. The van der Waals surface area contributed by atoms with Crippen LogP contribution in [-0.2, 0) is 9.93 Å². The molecule has 0 amide bonds. The smallest absolute Gasteiger partial charge is 0.121 e. The minimum absolute atomic E-state index is 0.254. The van der Waals surface area contributed by atoms with Crippen LogP contribution in [0.1, 0.15) is 25.0 Å². The van der Waals surface area contributed by atoms with Crippen LogP contribution >= 0.6 is 0 Å². The van der Waals surface area contributed by atoms with Gasteiger partial charge in [0, 0.05) is 0 Å². The average Bonchev–Trinajstić information content (AvgIpc) is 2.35. The molecule has 2 rings (SSSR count). The van der Waals surface area contributed by atoms with Crippen molar-refractivity contribution in [3.8, 4) is 0 Å². The van der Waals surface area contributed by atoms with E-state index in [2.05, 4.69) is 5.04 Å². The maximum absolute atomic E-state index is 8.38. The number of hydrogen-bond acceptors (Lipinski definition) is 3. The lowest BCUT2D eigenvalue weighted by molar-refractivity contribution is -0.508. The molecular weight excluding hydrogens is 204 g/mol. The molecule has 0 saturated carbocycles. The zero-order valence-electron chi connectivity index (χ0n) is 9.09. The van der Waals surface area contributed by atoms with E-state index in [9.17, 15) is 0 Å². The van der Waals surface area contributed by atoms with Crippen molar-refractivity contribution in [2.75, 3.05) is 0 Å². The summed E-state index contributed by atoms with van der Waals surface area (Å²) in [6.07, 6.45) is 0.477. The highest BCUT2D eigenvalue weighted by atomic mass is 17.5. The van der Waals surface area contributed by atoms with E-state index in [-0.39, 0.29) is 6.10 Å². The summed E-state index contributed by atoms with van der Waals surface area (Å²) in [5.41, 5.74) is 1.02. The van der Waals surface area contributed by atoms with Crippen LogP contribution in [0.25, 0.3) is 10.8 Å². The second kappa shape index (κ2) is 5.07. The highest BCUT2D eigenvalue weighted by molar-refractivity contribution is 5.85. The summed E-state index contributed by atoms with van der Waals surface area (Å²) < 4.78 is 0. The SMILES string of the molecule is CCC(OOO)c1cccc2ccccc12. The van der Waals surface area contributed by atoms with Crippen molar-refractivity contribution in [1.29, 1.82) is 0 Å². The Morgan fingerprint density at radius 3 is 2.62 bits per heavy atom. The number of rotatable bonds is 4. The van der Waals surface area contributed by atoms with E-state index in [0.717, 1.165) is 22.8 Å². The van der Waals surface area contributed by atoms with Gasteiger partial charge < -0.3 is 0 Å². The molecule has 2 aromatic carbocycles. The molecule has 0 aromatic heterocycles.